The van der Waals surface area contributed by atoms with Crippen molar-refractivity contribution in [3.63, 3.8) is 0 Å². The maximum Gasteiger partial charge on any atom is 0.258 e. The zero-order valence-electron chi connectivity index (χ0n) is 12.9. The molecule has 1 amide bonds. The number of benzene rings is 2. The average Bonchev–Trinajstić information content (AvgIpc) is 3.14. The number of nitrogens with zero attached hydrogens (tertiary/aromatic N) is 2. The summed E-state index contributed by atoms with van der Waals surface area (Å²) < 4.78 is 7.34. The van der Waals surface area contributed by atoms with Crippen molar-refractivity contribution in [2.45, 2.75) is 6.54 Å². The second kappa shape index (κ2) is 7.66. The molecule has 0 radical (unpaired) electrons. The number of hydrogen-bond acceptors (Lipinski definition) is 3. The highest BCUT2D eigenvalue weighted by Crippen LogP contribution is 2.16. The number of carbonyl (C=O) groups excluding carboxylic acids is 1. The molecule has 1 heterocycles. The zero-order valence-corrected chi connectivity index (χ0v) is 13.6. The molecule has 0 saturated carbocycles. The summed E-state index contributed by atoms with van der Waals surface area (Å²) in [6.07, 6.45) is 5.31. The second-order valence-corrected chi connectivity index (χ2v) is 5.55. The predicted octanol–water partition coefficient (Wildman–Crippen LogP) is 3.22. The van der Waals surface area contributed by atoms with Crippen LogP contribution in [0.2, 0.25) is 5.02 Å². The Morgan fingerprint density at radius 1 is 1.17 bits per heavy atom. The van der Waals surface area contributed by atoms with E-state index in [1.807, 2.05) is 35.0 Å². The molecule has 2 aromatic carbocycles. The fourth-order valence-electron chi connectivity index (χ4n) is 2.24. The highest BCUT2D eigenvalue weighted by molar-refractivity contribution is 6.30. The van der Waals surface area contributed by atoms with Crippen LogP contribution in [0.1, 0.15) is 5.56 Å². The number of rotatable bonds is 6. The van der Waals surface area contributed by atoms with Crippen molar-refractivity contribution >= 4 is 17.5 Å². The van der Waals surface area contributed by atoms with Gasteiger partial charge in [0.2, 0.25) is 0 Å². The molecule has 1 aromatic heterocycles. The van der Waals surface area contributed by atoms with Crippen LogP contribution in [0.15, 0.2) is 67.3 Å². The van der Waals surface area contributed by atoms with Gasteiger partial charge in [-0.1, -0.05) is 29.8 Å². The smallest absolute Gasteiger partial charge is 0.258 e. The van der Waals surface area contributed by atoms with Crippen LogP contribution >= 0.6 is 11.6 Å². The first kappa shape index (κ1) is 16.1. The number of ether oxygens (including phenoxy) is 1. The van der Waals surface area contributed by atoms with Gasteiger partial charge >= 0.3 is 0 Å². The Balaban J connectivity index is 1.56. The van der Waals surface area contributed by atoms with E-state index in [0.29, 0.717) is 17.3 Å². The molecule has 0 atom stereocenters. The van der Waals surface area contributed by atoms with Crippen molar-refractivity contribution in [3.8, 4) is 11.4 Å². The third-order valence-electron chi connectivity index (χ3n) is 3.43. The summed E-state index contributed by atoms with van der Waals surface area (Å²) in [6, 6.07) is 14.7. The number of aromatic nitrogens is 2. The van der Waals surface area contributed by atoms with Crippen molar-refractivity contribution < 1.29 is 9.53 Å². The van der Waals surface area contributed by atoms with Crippen molar-refractivity contribution in [1.29, 1.82) is 0 Å². The van der Waals surface area contributed by atoms with E-state index >= 15 is 0 Å². The van der Waals surface area contributed by atoms with Crippen molar-refractivity contribution in [3.05, 3.63) is 77.8 Å². The molecular weight excluding hydrogens is 326 g/mol. The first-order valence-corrected chi connectivity index (χ1v) is 7.81. The van der Waals surface area contributed by atoms with E-state index in [-0.39, 0.29) is 12.5 Å². The van der Waals surface area contributed by atoms with Crippen LogP contribution in [0.25, 0.3) is 5.69 Å². The van der Waals surface area contributed by atoms with Gasteiger partial charge in [-0.3, -0.25) is 4.79 Å². The van der Waals surface area contributed by atoms with Gasteiger partial charge in [0, 0.05) is 24.0 Å². The van der Waals surface area contributed by atoms with Gasteiger partial charge in [-0.15, -0.1) is 0 Å². The average molecular weight is 342 g/mol. The van der Waals surface area contributed by atoms with E-state index < -0.39 is 0 Å². The summed E-state index contributed by atoms with van der Waals surface area (Å²) in [5.74, 6) is 0.416. The summed E-state index contributed by atoms with van der Waals surface area (Å²) in [4.78, 5) is 16.0. The maximum atomic E-state index is 12.0. The molecule has 3 rings (SSSR count). The zero-order chi connectivity index (χ0) is 16.8. The van der Waals surface area contributed by atoms with Gasteiger partial charge in [0.05, 0.1) is 12.0 Å². The highest BCUT2D eigenvalue weighted by atomic mass is 35.5. The van der Waals surface area contributed by atoms with Crippen LogP contribution < -0.4 is 10.1 Å². The van der Waals surface area contributed by atoms with Crippen LogP contribution in [-0.2, 0) is 11.3 Å². The molecule has 24 heavy (non-hydrogen) atoms. The van der Waals surface area contributed by atoms with Gasteiger partial charge < -0.3 is 14.6 Å². The molecule has 0 bridgehead atoms. The minimum Gasteiger partial charge on any atom is -0.484 e. The lowest BCUT2D eigenvalue weighted by Crippen LogP contribution is -2.28. The highest BCUT2D eigenvalue weighted by Gasteiger charge is 2.07. The molecule has 0 aliphatic carbocycles. The molecule has 0 unspecified atom stereocenters. The largest absolute Gasteiger partial charge is 0.484 e. The molecule has 5 nitrogen and oxygen atoms in total. The fourth-order valence-corrected chi connectivity index (χ4v) is 2.36. The number of carbonyl (C=O) groups is 1. The lowest BCUT2D eigenvalue weighted by atomic mass is 10.1. The Hall–Kier alpha value is -2.79. The van der Waals surface area contributed by atoms with Crippen LogP contribution in [0.4, 0.5) is 0 Å². The van der Waals surface area contributed by atoms with Gasteiger partial charge in [-0.05, 0) is 35.9 Å². The first-order chi connectivity index (χ1) is 11.7. The standard InChI is InChI=1S/C18H16ClN3O2/c19-15-5-7-16(8-6-15)24-12-18(23)21-11-14-3-1-2-4-17(14)22-10-9-20-13-22/h1-10,13H,11-12H2,(H,21,23). The van der Waals surface area contributed by atoms with Gasteiger partial charge in [0.15, 0.2) is 6.61 Å². The number of amides is 1. The normalized spacial score (nSPS) is 10.4. The van der Waals surface area contributed by atoms with Crippen molar-refractivity contribution in [2.24, 2.45) is 0 Å². The topological polar surface area (TPSA) is 56.1 Å². The maximum absolute atomic E-state index is 12.0. The molecule has 0 aliphatic rings. The molecule has 0 fully saturated rings. The second-order valence-electron chi connectivity index (χ2n) is 5.12. The molecule has 3 aromatic rings. The van der Waals surface area contributed by atoms with E-state index in [1.165, 1.54) is 0 Å². The number of hydrogen-bond donors (Lipinski definition) is 1. The summed E-state index contributed by atoms with van der Waals surface area (Å²) in [5.41, 5.74) is 1.98. The summed E-state index contributed by atoms with van der Waals surface area (Å²) in [7, 11) is 0. The number of imidazole rings is 1. The summed E-state index contributed by atoms with van der Waals surface area (Å²) in [5, 5.41) is 3.49. The number of para-hydroxylation sites is 1. The molecule has 1 N–H and O–H groups in total. The molecule has 0 spiro atoms. The lowest BCUT2D eigenvalue weighted by Gasteiger charge is -2.11. The Morgan fingerprint density at radius 3 is 2.71 bits per heavy atom. The monoisotopic (exact) mass is 341 g/mol. The SMILES string of the molecule is O=C(COc1ccc(Cl)cc1)NCc1ccccc1-n1ccnc1. The van der Waals surface area contributed by atoms with Gasteiger partial charge in [0.25, 0.3) is 5.91 Å². The van der Waals surface area contributed by atoms with E-state index in [9.17, 15) is 4.79 Å². The molecule has 6 heteroatoms. The van der Waals surface area contributed by atoms with Gasteiger partial charge in [0.1, 0.15) is 5.75 Å². The van der Waals surface area contributed by atoms with Crippen LogP contribution in [-0.4, -0.2) is 22.1 Å². The van der Waals surface area contributed by atoms with Crippen molar-refractivity contribution in [2.75, 3.05) is 6.61 Å². The minimum atomic E-state index is -0.189. The van der Waals surface area contributed by atoms with Crippen LogP contribution in [0.3, 0.4) is 0 Å². The van der Waals surface area contributed by atoms with Gasteiger partial charge in [-0.2, -0.15) is 0 Å². The lowest BCUT2D eigenvalue weighted by molar-refractivity contribution is -0.123. The van der Waals surface area contributed by atoms with E-state index in [0.717, 1.165) is 11.3 Å². The fraction of sp³-hybridized carbons (Fsp3) is 0.111. The predicted molar refractivity (Wildman–Crippen MR) is 92.4 cm³/mol. The quantitative estimate of drug-likeness (QED) is 0.749. The van der Waals surface area contributed by atoms with E-state index in [4.69, 9.17) is 16.3 Å². The number of nitrogens with one attached hydrogen (secondary N) is 1. The molecule has 122 valence electrons. The van der Waals surface area contributed by atoms with E-state index in [1.54, 1.807) is 36.8 Å². The Kier molecular flexibility index (Phi) is 5.13. The molecular formula is C18H16ClN3O2. The first-order valence-electron chi connectivity index (χ1n) is 7.44. The molecule has 0 saturated heterocycles. The summed E-state index contributed by atoms with van der Waals surface area (Å²) in [6.45, 7) is 0.367. The minimum absolute atomic E-state index is 0.0468. The Morgan fingerprint density at radius 2 is 1.96 bits per heavy atom. The van der Waals surface area contributed by atoms with Gasteiger partial charge in [-0.25, -0.2) is 4.98 Å². The number of halogens is 1. The van der Waals surface area contributed by atoms with E-state index in [2.05, 4.69) is 10.3 Å². The van der Waals surface area contributed by atoms with Crippen LogP contribution in [0, 0.1) is 0 Å². The van der Waals surface area contributed by atoms with Crippen LogP contribution in [0.5, 0.6) is 5.75 Å². The Bertz CT molecular complexity index is 801. The molecule has 0 aliphatic heterocycles. The Labute approximate surface area is 144 Å². The third-order valence-corrected chi connectivity index (χ3v) is 3.69. The third kappa shape index (κ3) is 4.14. The van der Waals surface area contributed by atoms with Crippen molar-refractivity contribution in [1.82, 2.24) is 14.9 Å². The summed E-state index contributed by atoms with van der Waals surface area (Å²) >= 11 is 5.81.